The van der Waals surface area contributed by atoms with Crippen LogP contribution >= 0.6 is 0 Å². The van der Waals surface area contributed by atoms with Crippen molar-refractivity contribution in [2.24, 2.45) is 0 Å². The smallest absolute Gasteiger partial charge is 0.0606 e. The molecule has 3 N–H and O–H groups in total. The maximum absolute atomic E-state index is 9.13. The summed E-state index contributed by atoms with van der Waals surface area (Å²) in [7, 11) is 0. The molecule has 0 unspecified atom stereocenters. The fraction of sp³-hybridized carbons (Fsp3) is 0.538. The molecule has 0 atom stereocenters. The third-order valence-corrected chi connectivity index (χ3v) is 7.74. The van der Waals surface area contributed by atoms with Crippen LogP contribution in [-0.2, 0) is 0 Å². The predicted molar refractivity (Wildman–Crippen MR) is 196 cm³/mol. The van der Waals surface area contributed by atoms with E-state index >= 15 is 0 Å². The van der Waals surface area contributed by atoms with Gasteiger partial charge in [-0.15, -0.1) is 0 Å². The number of aliphatic hydroxyl groups is 3. The summed E-state index contributed by atoms with van der Waals surface area (Å²) < 4.78 is 0. The van der Waals surface area contributed by atoms with Crippen LogP contribution in [0.2, 0.25) is 0 Å². The summed E-state index contributed by atoms with van der Waals surface area (Å²) in [6.45, 7) is 18.6. The second-order valence-electron chi connectivity index (χ2n) is 11.6. The van der Waals surface area contributed by atoms with Crippen molar-refractivity contribution in [3.05, 3.63) is 89.5 Å². The van der Waals surface area contributed by atoms with Crippen molar-refractivity contribution < 1.29 is 15.3 Å². The number of nitrogens with zero attached hydrogens (tertiary/aromatic N) is 3. The second-order valence-corrected chi connectivity index (χ2v) is 11.6. The van der Waals surface area contributed by atoms with Crippen LogP contribution in [0.3, 0.4) is 0 Å². The number of likely N-dealkylation sites (N-methyl/N-ethyl adjacent to an activating group) is 1. The van der Waals surface area contributed by atoms with Gasteiger partial charge in [0.05, 0.1) is 19.8 Å². The molecule has 0 saturated heterocycles. The summed E-state index contributed by atoms with van der Waals surface area (Å²) in [6, 6.07) is 25.2. The largest absolute Gasteiger partial charge is 0.395 e. The molecule has 6 nitrogen and oxygen atoms in total. The van der Waals surface area contributed by atoms with E-state index < -0.39 is 0 Å². The van der Waals surface area contributed by atoms with Crippen molar-refractivity contribution >= 4 is 17.1 Å². The van der Waals surface area contributed by atoms with Crippen LogP contribution in [0.25, 0.3) is 0 Å². The first-order chi connectivity index (χ1) is 21.8. The molecule has 252 valence electrons. The topological polar surface area (TPSA) is 70.4 Å². The Morgan fingerprint density at radius 3 is 1.42 bits per heavy atom. The van der Waals surface area contributed by atoms with Crippen molar-refractivity contribution in [1.82, 2.24) is 0 Å². The molecule has 0 saturated carbocycles. The van der Waals surface area contributed by atoms with Crippen LogP contribution in [0.4, 0.5) is 17.1 Å². The zero-order valence-corrected chi connectivity index (χ0v) is 29.2. The Hall–Kier alpha value is -3.06. The molecular formula is C39H63N3O3. The Morgan fingerprint density at radius 1 is 0.489 bits per heavy atom. The third-order valence-electron chi connectivity index (χ3n) is 7.74. The lowest BCUT2D eigenvalue weighted by atomic mass is 10.1. The highest BCUT2D eigenvalue weighted by Gasteiger charge is 2.07. The molecule has 0 aliphatic carbocycles. The minimum atomic E-state index is 0.210. The van der Waals surface area contributed by atoms with Gasteiger partial charge in [0.2, 0.25) is 0 Å². The van der Waals surface area contributed by atoms with E-state index in [0.717, 1.165) is 32.7 Å². The summed E-state index contributed by atoms with van der Waals surface area (Å²) in [6.07, 6.45) is 7.43. The van der Waals surface area contributed by atoms with E-state index in [1.54, 1.807) is 0 Å². The van der Waals surface area contributed by atoms with E-state index in [0.29, 0.717) is 6.54 Å². The van der Waals surface area contributed by atoms with E-state index in [1.165, 1.54) is 72.3 Å². The number of aryl methyl sites for hydroxylation is 3. The van der Waals surface area contributed by atoms with Gasteiger partial charge in [-0.2, -0.15) is 0 Å². The summed E-state index contributed by atoms with van der Waals surface area (Å²) in [5, 5.41) is 27.0. The molecule has 0 heterocycles. The average molecular weight is 622 g/mol. The average Bonchev–Trinajstić information content (AvgIpc) is 3.04. The Morgan fingerprint density at radius 2 is 0.978 bits per heavy atom. The van der Waals surface area contributed by atoms with Gasteiger partial charge in [-0.3, -0.25) is 0 Å². The van der Waals surface area contributed by atoms with Gasteiger partial charge in [0.15, 0.2) is 0 Å². The minimum Gasteiger partial charge on any atom is -0.395 e. The maximum Gasteiger partial charge on any atom is 0.0606 e. The van der Waals surface area contributed by atoms with Crippen LogP contribution in [0.1, 0.15) is 76.0 Å². The van der Waals surface area contributed by atoms with Crippen molar-refractivity contribution in [3.8, 4) is 0 Å². The van der Waals surface area contributed by atoms with Gasteiger partial charge in [0.25, 0.3) is 0 Å². The molecule has 0 aliphatic heterocycles. The van der Waals surface area contributed by atoms with Crippen LogP contribution in [0.15, 0.2) is 72.8 Å². The molecule has 3 aromatic rings. The highest BCUT2D eigenvalue weighted by molar-refractivity contribution is 5.53. The van der Waals surface area contributed by atoms with Crippen LogP contribution in [0.5, 0.6) is 0 Å². The zero-order valence-electron chi connectivity index (χ0n) is 29.2. The highest BCUT2D eigenvalue weighted by Crippen LogP contribution is 2.19. The molecule has 0 radical (unpaired) electrons. The maximum atomic E-state index is 9.13. The summed E-state index contributed by atoms with van der Waals surface area (Å²) in [5.74, 6) is 0. The van der Waals surface area contributed by atoms with Crippen molar-refractivity contribution in [3.63, 3.8) is 0 Å². The fourth-order valence-corrected chi connectivity index (χ4v) is 5.20. The molecule has 0 amide bonds. The van der Waals surface area contributed by atoms with Crippen LogP contribution < -0.4 is 14.7 Å². The number of benzene rings is 3. The van der Waals surface area contributed by atoms with Gasteiger partial charge in [0.1, 0.15) is 0 Å². The molecule has 0 spiro atoms. The highest BCUT2D eigenvalue weighted by atomic mass is 16.3. The van der Waals surface area contributed by atoms with E-state index in [9.17, 15) is 0 Å². The van der Waals surface area contributed by atoms with Crippen molar-refractivity contribution in [2.45, 2.75) is 80.1 Å². The van der Waals surface area contributed by atoms with Crippen LogP contribution in [0, 0.1) is 20.8 Å². The lowest BCUT2D eigenvalue weighted by molar-refractivity contribution is 0.301. The number of hydrogen-bond donors (Lipinski definition) is 3. The Labute approximate surface area is 275 Å². The molecule has 3 rings (SSSR count). The van der Waals surface area contributed by atoms with E-state index in [1.807, 2.05) is 12.1 Å². The minimum absolute atomic E-state index is 0.210. The predicted octanol–water partition coefficient (Wildman–Crippen LogP) is 7.78. The molecule has 0 aliphatic rings. The Bertz CT molecular complexity index is 1140. The zero-order chi connectivity index (χ0) is 33.3. The van der Waals surface area contributed by atoms with E-state index in [-0.39, 0.29) is 19.8 Å². The van der Waals surface area contributed by atoms with Gasteiger partial charge in [-0.25, -0.2) is 0 Å². The van der Waals surface area contributed by atoms with Gasteiger partial charge in [-0.1, -0.05) is 82.0 Å². The lowest BCUT2D eigenvalue weighted by Crippen LogP contribution is -2.27. The first-order valence-corrected chi connectivity index (χ1v) is 17.1. The standard InChI is InChI=1S/C15H25NO.C13H21NO.C11H17NO/c1-3-4-5-6-10-16(11-12-17)15-9-7-8-14(2)13-15;1-3-4-8-14(9-10-15)13-7-5-6-12(2)11-13;1-3-12(8-9-13)11-7-5-4-6-10(11)2/h7-9,13,17H,3-6,10-12H2,1-2H3;5-7,11,15H,3-4,8-10H2,1-2H3;4-7,13H,3,8-9H2,1-2H3. The Balaban J connectivity index is 0.000000341. The molecule has 0 fully saturated rings. The summed E-state index contributed by atoms with van der Waals surface area (Å²) >= 11 is 0. The van der Waals surface area contributed by atoms with Crippen molar-refractivity contribution in [2.75, 3.05) is 73.8 Å². The van der Waals surface area contributed by atoms with Gasteiger partial charge >= 0.3 is 0 Å². The second kappa shape index (κ2) is 25.2. The summed E-state index contributed by atoms with van der Waals surface area (Å²) in [5.41, 5.74) is 7.48. The van der Waals surface area contributed by atoms with Crippen LogP contribution in [-0.4, -0.2) is 74.4 Å². The van der Waals surface area contributed by atoms with Crippen molar-refractivity contribution in [1.29, 1.82) is 0 Å². The fourth-order valence-electron chi connectivity index (χ4n) is 5.20. The first kappa shape index (κ1) is 40.0. The number of unbranched alkanes of at least 4 members (excludes halogenated alkanes) is 4. The van der Waals surface area contributed by atoms with Gasteiger partial charge in [-0.05, 0) is 87.6 Å². The number of aliphatic hydroxyl groups excluding tert-OH is 3. The lowest BCUT2D eigenvalue weighted by Gasteiger charge is -2.24. The molecule has 45 heavy (non-hydrogen) atoms. The molecule has 0 bridgehead atoms. The number of para-hydroxylation sites is 1. The normalized spacial score (nSPS) is 10.3. The molecule has 3 aromatic carbocycles. The summed E-state index contributed by atoms with van der Waals surface area (Å²) in [4.78, 5) is 6.70. The molecular weight excluding hydrogens is 558 g/mol. The third kappa shape index (κ3) is 16.7. The number of rotatable bonds is 18. The number of hydrogen-bond acceptors (Lipinski definition) is 6. The SMILES string of the molecule is CCCCCCN(CCO)c1cccc(C)c1.CCCCN(CCO)c1cccc(C)c1.CCN(CCO)c1ccccc1C. The van der Waals surface area contributed by atoms with E-state index in [2.05, 4.69) is 117 Å². The molecule has 6 heteroatoms. The first-order valence-electron chi connectivity index (χ1n) is 17.1. The monoisotopic (exact) mass is 621 g/mol. The van der Waals surface area contributed by atoms with Gasteiger partial charge < -0.3 is 30.0 Å². The van der Waals surface area contributed by atoms with Gasteiger partial charge in [0, 0.05) is 56.3 Å². The molecule has 0 aromatic heterocycles. The quantitative estimate of drug-likeness (QED) is 0.126. The number of anilines is 3. The van der Waals surface area contributed by atoms with E-state index in [4.69, 9.17) is 15.3 Å². The Kier molecular flexibility index (Phi) is 22.4.